The van der Waals surface area contributed by atoms with Crippen molar-refractivity contribution in [1.29, 1.82) is 0 Å². The largest absolute Gasteiger partial charge is 0.396 e. The number of methoxy groups -OCH3 is 1. The molecule has 94 valence electrons. The van der Waals surface area contributed by atoms with E-state index in [0.29, 0.717) is 6.42 Å². The van der Waals surface area contributed by atoms with E-state index >= 15 is 0 Å². The molecule has 0 saturated carbocycles. The van der Waals surface area contributed by atoms with Crippen molar-refractivity contribution in [1.82, 2.24) is 10.3 Å². The average molecular weight is 242 g/mol. The zero-order chi connectivity index (χ0) is 12.7. The zero-order valence-corrected chi connectivity index (χ0v) is 9.52. The van der Waals surface area contributed by atoms with Crippen LogP contribution in [0.2, 0.25) is 0 Å². The maximum absolute atomic E-state index is 12.9. The Morgan fingerprint density at radius 2 is 2.41 bits per heavy atom. The number of halogens is 1. The van der Waals surface area contributed by atoms with Crippen LogP contribution in [0.1, 0.15) is 16.8 Å². The summed E-state index contributed by atoms with van der Waals surface area (Å²) in [6.07, 6.45) is 2.68. The van der Waals surface area contributed by atoms with Gasteiger partial charge in [0, 0.05) is 19.9 Å². The number of ether oxygens (including phenoxy) is 1. The molecule has 0 bridgehead atoms. The Hall–Kier alpha value is -1.53. The molecule has 5 nitrogen and oxygen atoms in total. The first-order valence-corrected chi connectivity index (χ1v) is 5.18. The second-order valence-electron chi connectivity index (χ2n) is 3.53. The van der Waals surface area contributed by atoms with Gasteiger partial charge in [-0.25, -0.2) is 4.39 Å². The quantitative estimate of drug-likeness (QED) is 0.755. The van der Waals surface area contributed by atoms with Crippen molar-refractivity contribution in [2.75, 3.05) is 20.3 Å². The molecule has 0 aliphatic rings. The second kappa shape index (κ2) is 6.93. The van der Waals surface area contributed by atoms with Crippen molar-refractivity contribution in [3.8, 4) is 0 Å². The van der Waals surface area contributed by atoms with Gasteiger partial charge in [-0.3, -0.25) is 9.78 Å². The van der Waals surface area contributed by atoms with E-state index in [1.165, 1.54) is 13.3 Å². The first-order chi connectivity index (χ1) is 8.17. The Bertz CT molecular complexity index is 367. The molecule has 0 spiro atoms. The molecule has 1 atom stereocenters. The number of carbonyl (C=O) groups excluding carboxylic acids is 1. The van der Waals surface area contributed by atoms with Crippen molar-refractivity contribution in [3.05, 3.63) is 29.8 Å². The minimum atomic E-state index is -0.567. The smallest absolute Gasteiger partial charge is 0.253 e. The summed E-state index contributed by atoms with van der Waals surface area (Å²) in [5, 5.41) is 11.4. The molecule has 1 amide bonds. The number of hydrogen-bond donors (Lipinski definition) is 2. The summed E-state index contributed by atoms with van der Waals surface area (Å²) in [6, 6.07) is 0.797. The minimum absolute atomic E-state index is 0.0598. The van der Waals surface area contributed by atoms with Crippen LogP contribution >= 0.6 is 0 Å². The molecule has 1 unspecified atom stereocenters. The molecule has 2 N–H and O–H groups in total. The summed E-state index contributed by atoms with van der Waals surface area (Å²) < 4.78 is 17.8. The summed E-state index contributed by atoms with van der Waals surface area (Å²) in [7, 11) is 1.50. The number of hydrogen-bond acceptors (Lipinski definition) is 4. The van der Waals surface area contributed by atoms with Crippen LogP contribution in [0.4, 0.5) is 4.39 Å². The molecule has 0 fully saturated rings. The van der Waals surface area contributed by atoms with Crippen LogP contribution < -0.4 is 5.32 Å². The molecule has 0 saturated heterocycles. The van der Waals surface area contributed by atoms with E-state index in [2.05, 4.69) is 10.3 Å². The Morgan fingerprint density at radius 1 is 1.65 bits per heavy atom. The molecular weight excluding hydrogens is 227 g/mol. The SMILES string of the molecule is COCC(CCO)NC(=O)c1cncc(F)c1. The third kappa shape index (κ3) is 4.46. The molecule has 0 aliphatic carbocycles. The monoisotopic (exact) mass is 242 g/mol. The van der Waals surface area contributed by atoms with Crippen LogP contribution in [0.5, 0.6) is 0 Å². The Morgan fingerprint density at radius 3 is 3.00 bits per heavy atom. The van der Waals surface area contributed by atoms with Gasteiger partial charge in [0.2, 0.25) is 0 Å². The van der Waals surface area contributed by atoms with Crippen molar-refractivity contribution < 1.29 is 19.0 Å². The summed E-state index contributed by atoms with van der Waals surface area (Å²) in [5.41, 5.74) is 0.143. The van der Waals surface area contributed by atoms with Gasteiger partial charge in [0.1, 0.15) is 5.82 Å². The highest BCUT2D eigenvalue weighted by Crippen LogP contribution is 2.02. The van der Waals surface area contributed by atoms with Gasteiger partial charge in [0.25, 0.3) is 5.91 Å². The topological polar surface area (TPSA) is 71.5 Å². The van der Waals surface area contributed by atoms with Gasteiger partial charge >= 0.3 is 0 Å². The first kappa shape index (κ1) is 13.5. The lowest BCUT2D eigenvalue weighted by Gasteiger charge is -2.16. The number of carbonyl (C=O) groups is 1. The molecule has 1 aromatic rings. The third-order valence-corrected chi connectivity index (χ3v) is 2.15. The van der Waals surface area contributed by atoms with Crippen molar-refractivity contribution in [2.45, 2.75) is 12.5 Å². The van der Waals surface area contributed by atoms with Crippen LogP contribution in [-0.4, -0.2) is 42.4 Å². The Balaban J connectivity index is 2.63. The van der Waals surface area contributed by atoms with E-state index in [1.54, 1.807) is 0 Å². The van der Waals surface area contributed by atoms with E-state index in [4.69, 9.17) is 9.84 Å². The standard InChI is InChI=1S/C11H15FN2O3/c1-17-7-10(2-3-15)14-11(16)8-4-9(12)6-13-5-8/h4-6,10,15H,2-3,7H2,1H3,(H,14,16). The Labute approximate surface area is 98.6 Å². The second-order valence-corrected chi connectivity index (χ2v) is 3.53. The number of aromatic nitrogens is 1. The average Bonchev–Trinajstić information content (AvgIpc) is 2.29. The number of aliphatic hydroxyl groups excluding tert-OH is 1. The third-order valence-electron chi connectivity index (χ3n) is 2.15. The van der Waals surface area contributed by atoms with Gasteiger partial charge < -0.3 is 15.2 Å². The summed E-state index contributed by atoms with van der Waals surface area (Å²) in [4.78, 5) is 15.3. The number of nitrogens with zero attached hydrogens (tertiary/aromatic N) is 1. The number of nitrogens with one attached hydrogen (secondary N) is 1. The van der Waals surface area contributed by atoms with Gasteiger partial charge in [-0.2, -0.15) is 0 Å². The summed E-state index contributed by atoms with van der Waals surface area (Å²) >= 11 is 0. The molecule has 0 aromatic carbocycles. The van der Waals surface area contributed by atoms with Crippen molar-refractivity contribution in [2.24, 2.45) is 0 Å². The van der Waals surface area contributed by atoms with E-state index in [9.17, 15) is 9.18 Å². The fourth-order valence-electron chi connectivity index (χ4n) is 1.36. The van der Waals surface area contributed by atoms with Crippen LogP contribution in [0.15, 0.2) is 18.5 Å². The van der Waals surface area contributed by atoms with E-state index in [0.717, 1.165) is 12.3 Å². The molecule has 0 radical (unpaired) electrons. The van der Waals surface area contributed by atoms with E-state index in [1.807, 2.05) is 0 Å². The predicted octanol–water partition coefficient (Wildman–Crippen LogP) is 0.348. The van der Waals surface area contributed by atoms with Gasteiger partial charge in [-0.05, 0) is 12.5 Å². The molecule has 0 aliphatic heterocycles. The molecule has 1 rings (SSSR count). The highest BCUT2D eigenvalue weighted by molar-refractivity contribution is 5.94. The number of pyridine rings is 1. The first-order valence-electron chi connectivity index (χ1n) is 5.18. The molecular formula is C11H15FN2O3. The molecule has 6 heteroatoms. The van der Waals surface area contributed by atoms with Gasteiger partial charge in [0.15, 0.2) is 0 Å². The number of rotatable bonds is 6. The van der Waals surface area contributed by atoms with E-state index in [-0.39, 0.29) is 24.8 Å². The fourth-order valence-corrected chi connectivity index (χ4v) is 1.36. The van der Waals surface area contributed by atoms with E-state index < -0.39 is 11.7 Å². The maximum Gasteiger partial charge on any atom is 0.253 e. The summed E-state index contributed by atoms with van der Waals surface area (Å²) in [6.45, 7) is 0.227. The van der Waals surface area contributed by atoms with Gasteiger partial charge in [-0.15, -0.1) is 0 Å². The van der Waals surface area contributed by atoms with Gasteiger partial charge in [-0.1, -0.05) is 0 Å². The van der Waals surface area contributed by atoms with Gasteiger partial charge in [0.05, 0.1) is 24.4 Å². The molecule has 17 heavy (non-hydrogen) atoms. The minimum Gasteiger partial charge on any atom is -0.396 e. The lowest BCUT2D eigenvalue weighted by molar-refractivity contribution is 0.0878. The highest BCUT2D eigenvalue weighted by atomic mass is 19.1. The van der Waals surface area contributed by atoms with Crippen LogP contribution in [-0.2, 0) is 4.74 Å². The maximum atomic E-state index is 12.9. The normalized spacial score (nSPS) is 12.2. The fraction of sp³-hybridized carbons (Fsp3) is 0.455. The molecule has 1 aromatic heterocycles. The predicted molar refractivity (Wildman–Crippen MR) is 59.0 cm³/mol. The lowest BCUT2D eigenvalue weighted by Crippen LogP contribution is -2.38. The Kier molecular flexibility index (Phi) is 5.51. The summed E-state index contributed by atoms with van der Waals surface area (Å²) in [5.74, 6) is -1.00. The lowest BCUT2D eigenvalue weighted by atomic mass is 10.2. The zero-order valence-electron chi connectivity index (χ0n) is 9.52. The van der Waals surface area contributed by atoms with Crippen LogP contribution in [0.3, 0.4) is 0 Å². The number of amides is 1. The number of aliphatic hydroxyl groups is 1. The van der Waals surface area contributed by atoms with Crippen molar-refractivity contribution in [3.63, 3.8) is 0 Å². The highest BCUT2D eigenvalue weighted by Gasteiger charge is 2.13. The molecule has 1 heterocycles. The van der Waals surface area contributed by atoms with Crippen molar-refractivity contribution >= 4 is 5.91 Å². The van der Waals surface area contributed by atoms with Crippen LogP contribution in [0, 0.1) is 5.82 Å². The van der Waals surface area contributed by atoms with Crippen LogP contribution in [0.25, 0.3) is 0 Å².